The Labute approximate surface area is 264 Å². The van der Waals surface area contributed by atoms with Crippen LogP contribution >= 0.6 is 24.8 Å². The smallest absolute Gasteiger partial charge is 0.303 e. The number of imidazole rings is 1. The number of halogens is 2. The summed E-state index contributed by atoms with van der Waals surface area (Å²) in [4.78, 5) is 18.3. The van der Waals surface area contributed by atoms with Crippen LogP contribution in [0.15, 0.2) is 77.7 Å². The van der Waals surface area contributed by atoms with Gasteiger partial charge in [-0.1, -0.05) is 42.5 Å². The first-order valence-electron chi connectivity index (χ1n) is 13.4. The lowest BCUT2D eigenvalue weighted by atomic mass is 10.1. The van der Waals surface area contributed by atoms with Crippen molar-refractivity contribution in [2.75, 3.05) is 31.5 Å². The number of carbonyl (C=O) groups is 1. The maximum absolute atomic E-state index is 13.7. The Morgan fingerprint density at radius 1 is 0.977 bits per heavy atom. The van der Waals surface area contributed by atoms with Gasteiger partial charge in [-0.25, -0.2) is 13.4 Å². The second-order valence-electron chi connectivity index (χ2n) is 10.2. The molecule has 0 fully saturated rings. The van der Waals surface area contributed by atoms with E-state index in [9.17, 15) is 18.3 Å². The highest BCUT2D eigenvalue weighted by molar-refractivity contribution is 7.92. The predicted molar refractivity (Wildman–Crippen MR) is 176 cm³/mol. The number of nitrogens with zero attached hydrogens (tertiary/aromatic N) is 4. The molecular formula is C30H38Cl2N6O4S. The summed E-state index contributed by atoms with van der Waals surface area (Å²) in [5.41, 5.74) is 9.14. The Morgan fingerprint density at radius 3 is 2.26 bits per heavy atom. The lowest BCUT2D eigenvalue weighted by Crippen LogP contribution is -2.33. The Kier molecular flexibility index (Phi) is 13.0. The number of aromatic nitrogens is 2. The average Bonchev–Trinajstić information content (AvgIpc) is 3.27. The summed E-state index contributed by atoms with van der Waals surface area (Å²) < 4.78 is 30.9. The summed E-state index contributed by atoms with van der Waals surface area (Å²) in [7, 11) is 0.0853. The number of aliphatic carboxylic acids is 1. The van der Waals surface area contributed by atoms with Crippen LogP contribution in [0.5, 0.6) is 0 Å². The molecule has 0 atom stereocenters. The highest BCUT2D eigenvalue weighted by Crippen LogP contribution is 2.29. The predicted octanol–water partition coefficient (Wildman–Crippen LogP) is 4.77. The zero-order valence-corrected chi connectivity index (χ0v) is 26.6. The first-order chi connectivity index (χ1) is 19.6. The van der Waals surface area contributed by atoms with Crippen molar-refractivity contribution in [1.82, 2.24) is 14.5 Å². The number of nitrogen functional groups attached to an aromatic ring is 1. The molecule has 0 bridgehead atoms. The average molecular weight is 650 g/mol. The van der Waals surface area contributed by atoms with Gasteiger partial charge in [-0.15, -0.1) is 24.8 Å². The van der Waals surface area contributed by atoms with E-state index in [4.69, 9.17) is 16.1 Å². The van der Waals surface area contributed by atoms with Crippen molar-refractivity contribution in [3.05, 3.63) is 89.7 Å². The molecule has 4 N–H and O–H groups in total. The van der Waals surface area contributed by atoms with Gasteiger partial charge in [-0.2, -0.15) is 0 Å². The SMILES string of the molecule is CN(C)CCCN(c1ccc2c(c1)nc(Cc1ccc(C(=N)N)cc1)n2CCCC(=O)O)S(=O)(=O)c1ccccc1.Cl.Cl. The second kappa shape index (κ2) is 15.7. The van der Waals surface area contributed by atoms with E-state index < -0.39 is 16.0 Å². The Hall–Kier alpha value is -3.64. The lowest BCUT2D eigenvalue weighted by molar-refractivity contribution is -0.137. The molecule has 0 saturated heterocycles. The van der Waals surface area contributed by atoms with E-state index in [1.807, 2.05) is 41.8 Å². The highest BCUT2D eigenvalue weighted by Gasteiger charge is 2.25. The number of nitrogens with one attached hydrogen (secondary N) is 1. The minimum Gasteiger partial charge on any atom is -0.481 e. The fourth-order valence-corrected chi connectivity index (χ4v) is 6.24. The first-order valence-corrected chi connectivity index (χ1v) is 14.9. The molecule has 3 aromatic carbocycles. The Bertz CT molecular complexity index is 1630. The summed E-state index contributed by atoms with van der Waals surface area (Å²) in [6, 6.07) is 21.2. The molecule has 4 aromatic rings. The van der Waals surface area contributed by atoms with Crippen molar-refractivity contribution < 1.29 is 18.3 Å². The van der Waals surface area contributed by atoms with E-state index in [2.05, 4.69) is 0 Å². The van der Waals surface area contributed by atoms with Crippen molar-refractivity contribution in [2.24, 2.45) is 5.73 Å². The number of hydrogen-bond acceptors (Lipinski definition) is 6. The van der Waals surface area contributed by atoms with Crippen molar-refractivity contribution in [2.45, 2.75) is 37.1 Å². The third-order valence-corrected chi connectivity index (χ3v) is 8.64. The lowest BCUT2D eigenvalue weighted by Gasteiger charge is -2.25. The van der Waals surface area contributed by atoms with Gasteiger partial charge in [-0.3, -0.25) is 14.5 Å². The van der Waals surface area contributed by atoms with Gasteiger partial charge in [-0.05, 0) is 69.4 Å². The van der Waals surface area contributed by atoms with Crippen LogP contribution in [0.4, 0.5) is 5.69 Å². The Balaban J connectivity index is 0.00000323. The van der Waals surface area contributed by atoms with Gasteiger partial charge in [0.15, 0.2) is 0 Å². The van der Waals surface area contributed by atoms with Gasteiger partial charge in [0, 0.05) is 31.5 Å². The summed E-state index contributed by atoms with van der Waals surface area (Å²) >= 11 is 0. The van der Waals surface area contributed by atoms with E-state index in [-0.39, 0.29) is 42.0 Å². The number of benzene rings is 3. The van der Waals surface area contributed by atoms with Crippen LogP contribution in [0.1, 0.15) is 36.2 Å². The molecule has 1 aromatic heterocycles. The fourth-order valence-electron chi connectivity index (χ4n) is 4.72. The topological polar surface area (TPSA) is 146 Å². The molecule has 0 unspecified atom stereocenters. The molecule has 10 nitrogen and oxygen atoms in total. The molecule has 1 heterocycles. The minimum absolute atomic E-state index is 0. The van der Waals surface area contributed by atoms with Crippen LogP contribution in [0.25, 0.3) is 11.0 Å². The van der Waals surface area contributed by atoms with Gasteiger partial charge >= 0.3 is 5.97 Å². The van der Waals surface area contributed by atoms with Crippen molar-refractivity contribution in [3.8, 4) is 0 Å². The third kappa shape index (κ3) is 8.93. The first kappa shape index (κ1) is 35.6. The molecule has 0 aliphatic heterocycles. The number of fused-ring (bicyclic) bond motifs is 1. The molecule has 0 radical (unpaired) electrons. The summed E-state index contributed by atoms with van der Waals surface area (Å²) in [5, 5.41) is 16.8. The van der Waals surface area contributed by atoms with Crippen LogP contribution in [0, 0.1) is 5.41 Å². The quantitative estimate of drug-likeness (QED) is 0.132. The van der Waals surface area contributed by atoms with E-state index in [0.717, 1.165) is 23.4 Å². The molecule has 4 rings (SSSR count). The van der Waals surface area contributed by atoms with Crippen LogP contribution in [-0.2, 0) is 27.8 Å². The molecule has 232 valence electrons. The third-order valence-electron chi connectivity index (χ3n) is 6.80. The maximum Gasteiger partial charge on any atom is 0.303 e. The summed E-state index contributed by atoms with van der Waals surface area (Å²) in [6.07, 6.45) is 1.57. The number of anilines is 1. The molecule has 0 aliphatic carbocycles. The van der Waals surface area contributed by atoms with E-state index >= 15 is 0 Å². The molecule has 43 heavy (non-hydrogen) atoms. The standard InChI is InChI=1S/C30H36N6O4S.2ClH/c1-34(2)17-7-19-36(41(39,40)25-8-4-3-5-9-25)24-15-16-27-26(21-24)33-28(35(27)18-6-10-29(37)38)20-22-11-13-23(14-12-22)30(31)32;;/h3-5,8-9,11-16,21H,6-7,10,17-20H2,1-2H3,(H3,31,32)(H,37,38);2*1H. The molecule has 0 aliphatic rings. The van der Waals surface area contributed by atoms with Crippen molar-refractivity contribution in [1.29, 1.82) is 5.41 Å². The van der Waals surface area contributed by atoms with Gasteiger partial charge < -0.3 is 20.3 Å². The zero-order valence-electron chi connectivity index (χ0n) is 24.1. The monoisotopic (exact) mass is 648 g/mol. The number of carboxylic acid groups (broad SMARTS) is 1. The maximum atomic E-state index is 13.7. The normalized spacial score (nSPS) is 11.1. The molecular weight excluding hydrogens is 611 g/mol. The molecule has 0 amide bonds. The van der Waals surface area contributed by atoms with Crippen molar-refractivity contribution >= 4 is 63.4 Å². The minimum atomic E-state index is -3.82. The second-order valence-corrected chi connectivity index (χ2v) is 12.0. The van der Waals surface area contributed by atoms with Gasteiger partial charge in [0.2, 0.25) is 0 Å². The van der Waals surface area contributed by atoms with Crippen molar-refractivity contribution in [3.63, 3.8) is 0 Å². The summed E-state index contributed by atoms with van der Waals surface area (Å²) in [5.74, 6) is -0.133. The Morgan fingerprint density at radius 2 is 1.65 bits per heavy atom. The zero-order chi connectivity index (χ0) is 29.6. The fraction of sp³-hybridized carbons (Fsp3) is 0.300. The number of sulfonamides is 1. The van der Waals surface area contributed by atoms with Crippen LogP contribution in [0.3, 0.4) is 0 Å². The van der Waals surface area contributed by atoms with E-state index in [1.165, 1.54) is 4.31 Å². The molecule has 0 saturated carbocycles. The number of amidine groups is 1. The van der Waals surface area contributed by atoms with Gasteiger partial charge in [0.25, 0.3) is 10.0 Å². The number of hydrogen-bond donors (Lipinski definition) is 3. The number of rotatable bonds is 14. The van der Waals surface area contributed by atoms with Crippen LogP contribution < -0.4 is 10.0 Å². The number of carboxylic acids is 1. The number of nitrogens with two attached hydrogens (primary N) is 1. The van der Waals surface area contributed by atoms with Gasteiger partial charge in [0.1, 0.15) is 11.7 Å². The summed E-state index contributed by atoms with van der Waals surface area (Å²) in [6.45, 7) is 1.49. The van der Waals surface area contributed by atoms with Crippen LogP contribution in [0.2, 0.25) is 0 Å². The van der Waals surface area contributed by atoms with Crippen LogP contribution in [-0.4, -0.2) is 67.0 Å². The van der Waals surface area contributed by atoms with E-state index in [1.54, 1.807) is 54.6 Å². The number of aryl methyl sites for hydroxylation is 1. The molecule has 0 spiro atoms. The van der Waals surface area contributed by atoms with Gasteiger partial charge in [0.05, 0.1) is 21.6 Å². The highest BCUT2D eigenvalue weighted by atomic mass is 35.5. The van der Waals surface area contributed by atoms with E-state index in [0.29, 0.717) is 49.1 Å². The largest absolute Gasteiger partial charge is 0.481 e. The molecule has 13 heteroatoms.